The van der Waals surface area contributed by atoms with E-state index in [0.29, 0.717) is 0 Å². The zero-order valence-electron chi connectivity index (χ0n) is 12.0. The molecule has 0 N–H and O–H groups in total. The molecule has 0 unspecified atom stereocenters. The predicted octanol–water partition coefficient (Wildman–Crippen LogP) is 4.45. The largest absolute Gasteiger partial charge is 0.254 e. The number of pyridine rings is 1. The van der Waals surface area contributed by atoms with Crippen LogP contribution in [-0.2, 0) is 0 Å². The first-order valence-electron chi connectivity index (χ1n) is 7.26. The summed E-state index contributed by atoms with van der Waals surface area (Å²) in [5.41, 5.74) is 2.55. The van der Waals surface area contributed by atoms with E-state index in [1.54, 1.807) is 11.3 Å². The highest BCUT2D eigenvalue weighted by molar-refractivity contribution is 7.26. The molecule has 5 heteroatoms. The Labute approximate surface area is 135 Å². The minimum Gasteiger partial charge on any atom is -0.254 e. The number of fused-ring (bicyclic) bond motifs is 4. The Hall–Kier alpha value is -2.92. The van der Waals surface area contributed by atoms with Crippen LogP contribution in [0.3, 0.4) is 0 Å². The highest BCUT2D eigenvalue weighted by Gasteiger charge is 2.16. The summed E-state index contributed by atoms with van der Waals surface area (Å²) in [7, 11) is 0. The molecule has 5 rings (SSSR count). The Balaban J connectivity index is 1.93. The molecule has 0 atom stereocenters. The first-order valence-corrected chi connectivity index (χ1v) is 8.08. The maximum Gasteiger partial charge on any atom is 0.133 e. The minimum atomic E-state index is 0.799. The molecule has 0 aliphatic rings. The fraction of sp³-hybridized carbons (Fsp3) is 0. The van der Waals surface area contributed by atoms with Crippen molar-refractivity contribution in [2.75, 3.05) is 0 Å². The van der Waals surface area contributed by atoms with Gasteiger partial charge in [-0.15, -0.1) is 21.5 Å². The van der Waals surface area contributed by atoms with Crippen LogP contribution in [0.1, 0.15) is 0 Å². The van der Waals surface area contributed by atoms with Crippen LogP contribution in [0.2, 0.25) is 0 Å². The molecule has 0 bridgehead atoms. The summed E-state index contributed by atoms with van der Waals surface area (Å²) in [5.74, 6) is 0. The second-order valence-electron chi connectivity index (χ2n) is 5.29. The summed E-state index contributed by atoms with van der Waals surface area (Å²) >= 11 is 1.69. The Kier molecular flexibility index (Phi) is 2.63. The van der Waals surface area contributed by atoms with Crippen molar-refractivity contribution < 1.29 is 0 Å². The van der Waals surface area contributed by atoms with Crippen molar-refractivity contribution in [3.05, 3.63) is 60.8 Å². The van der Waals surface area contributed by atoms with Gasteiger partial charge in [0.1, 0.15) is 11.2 Å². The molecule has 4 nitrogen and oxygen atoms in total. The lowest BCUT2D eigenvalue weighted by Gasteiger charge is -2.04. The van der Waals surface area contributed by atoms with Gasteiger partial charge in [0.2, 0.25) is 0 Å². The number of thiophene rings is 1. The number of rotatable bonds is 1. The van der Waals surface area contributed by atoms with Gasteiger partial charge in [0, 0.05) is 21.7 Å². The number of hydrogen-bond acceptors (Lipinski definition) is 5. The quantitative estimate of drug-likeness (QED) is 0.458. The lowest BCUT2D eigenvalue weighted by Crippen LogP contribution is -1.94. The molecule has 0 spiro atoms. The predicted molar refractivity (Wildman–Crippen MR) is 93.5 cm³/mol. The van der Waals surface area contributed by atoms with Crippen LogP contribution in [0.5, 0.6) is 0 Å². The standard InChI is InChI=1S/C18H10N4S/c1-2-6-12-11(5-1)9-10-19-15(12)17-18-16(20-22-21-17)13-7-3-4-8-14(13)23-18/h1-10H. The zero-order chi connectivity index (χ0) is 15.2. The van der Waals surface area contributed by atoms with E-state index in [4.69, 9.17) is 0 Å². The second kappa shape index (κ2) is 4.79. The Bertz CT molecular complexity index is 1170. The Morgan fingerprint density at radius 2 is 1.57 bits per heavy atom. The molecule has 2 aromatic carbocycles. The van der Waals surface area contributed by atoms with Gasteiger partial charge in [0.25, 0.3) is 0 Å². The van der Waals surface area contributed by atoms with Crippen molar-refractivity contribution in [1.29, 1.82) is 0 Å². The zero-order valence-corrected chi connectivity index (χ0v) is 12.8. The second-order valence-corrected chi connectivity index (χ2v) is 6.35. The number of hydrogen-bond donors (Lipinski definition) is 0. The van der Waals surface area contributed by atoms with Crippen LogP contribution < -0.4 is 0 Å². The molecule has 0 aliphatic heterocycles. The normalized spacial score (nSPS) is 11.5. The summed E-state index contributed by atoms with van der Waals surface area (Å²) in [6, 6.07) is 18.4. The van der Waals surface area contributed by atoms with Crippen LogP contribution in [0.4, 0.5) is 0 Å². The van der Waals surface area contributed by atoms with Crippen molar-refractivity contribution in [2.24, 2.45) is 0 Å². The van der Waals surface area contributed by atoms with E-state index in [0.717, 1.165) is 37.8 Å². The Morgan fingerprint density at radius 3 is 2.52 bits per heavy atom. The van der Waals surface area contributed by atoms with Crippen molar-refractivity contribution in [3.63, 3.8) is 0 Å². The first kappa shape index (κ1) is 12.6. The molecular formula is C18H10N4S. The van der Waals surface area contributed by atoms with Gasteiger partial charge in [0.05, 0.1) is 10.4 Å². The molecule has 3 aromatic heterocycles. The molecule has 0 fully saturated rings. The van der Waals surface area contributed by atoms with Crippen LogP contribution in [-0.4, -0.2) is 20.4 Å². The molecule has 5 aromatic rings. The maximum absolute atomic E-state index is 4.57. The van der Waals surface area contributed by atoms with E-state index in [1.165, 1.54) is 4.70 Å². The molecule has 0 aliphatic carbocycles. The molecular weight excluding hydrogens is 304 g/mol. The average molecular weight is 314 g/mol. The fourth-order valence-corrected chi connectivity index (χ4v) is 4.03. The highest BCUT2D eigenvalue weighted by Crippen LogP contribution is 2.37. The fourth-order valence-electron chi connectivity index (χ4n) is 2.91. The van der Waals surface area contributed by atoms with Crippen LogP contribution >= 0.6 is 11.3 Å². The number of nitrogens with zero attached hydrogens (tertiary/aromatic N) is 4. The van der Waals surface area contributed by atoms with E-state index < -0.39 is 0 Å². The van der Waals surface area contributed by atoms with Gasteiger partial charge in [-0.05, 0) is 22.7 Å². The van der Waals surface area contributed by atoms with Crippen molar-refractivity contribution in [1.82, 2.24) is 20.4 Å². The van der Waals surface area contributed by atoms with Gasteiger partial charge < -0.3 is 0 Å². The van der Waals surface area contributed by atoms with Crippen LogP contribution in [0, 0.1) is 0 Å². The smallest absolute Gasteiger partial charge is 0.133 e. The van der Waals surface area contributed by atoms with E-state index in [1.807, 2.05) is 36.5 Å². The van der Waals surface area contributed by atoms with Crippen LogP contribution in [0.15, 0.2) is 60.8 Å². The summed E-state index contributed by atoms with van der Waals surface area (Å²) in [6.45, 7) is 0. The summed E-state index contributed by atoms with van der Waals surface area (Å²) in [5, 5.41) is 15.9. The minimum absolute atomic E-state index is 0.799. The summed E-state index contributed by atoms with van der Waals surface area (Å²) in [4.78, 5) is 4.57. The molecule has 108 valence electrons. The van der Waals surface area contributed by atoms with Gasteiger partial charge in [-0.1, -0.05) is 42.5 Å². The monoisotopic (exact) mass is 314 g/mol. The number of aromatic nitrogens is 4. The molecule has 0 radical (unpaired) electrons. The van der Waals surface area contributed by atoms with E-state index >= 15 is 0 Å². The number of benzene rings is 2. The molecule has 3 heterocycles. The van der Waals surface area contributed by atoms with E-state index in [9.17, 15) is 0 Å². The van der Waals surface area contributed by atoms with Crippen molar-refractivity contribution in [2.45, 2.75) is 0 Å². The SMILES string of the molecule is c1ccc2c(-c3nnnc4c3sc3ccccc34)nccc2c1. The van der Waals surface area contributed by atoms with Gasteiger partial charge in [-0.25, -0.2) is 0 Å². The highest BCUT2D eigenvalue weighted by atomic mass is 32.1. The van der Waals surface area contributed by atoms with E-state index in [-0.39, 0.29) is 0 Å². The third-order valence-corrected chi connectivity index (χ3v) is 5.14. The summed E-state index contributed by atoms with van der Waals surface area (Å²) < 4.78 is 2.22. The third kappa shape index (κ3) is 1.83. The average Bonchev–Trinajstić information content (AvgIpc) is 3.00. The molecule has 23 heavy (non-hydrogen) atoms. The first-order chi connectivity index (χ1) is 11.4. The lowest BCUT2D eigenvalue weighted by molar-refractivity contribution is 0.902. The summed E-state index contributed by atoms with van der Waals surface area (Å²) in [6.07, 6.45) is 1.82. The topological polar surface area (TPSA) is 51.6 Å². The van der Waals surface area contributed by atoms with Crippen molar-refractivity contribution >= 4 is 42.4 Å². The molecule has 0 saturated carbocycles. The van der Waals surface area contributed by atoms with Crippen molar-refractivity contribution in [3.8, 4) is 11.4 Å². The molecule has 0 saturated heterocycles. The third-order valence-electron chi connectivity index (χ3n) is 3.97. The van der Waals surface area contributed by atoms with Gasteiger partial charge in [-0.2, -0.15) is 0 Å². The van der Waals surface area contributed by atoms with Gasteiger partial charge in [-0.3, -0.25) is 4.98 Å². The van der Waals surface area contributed by atoms with E-state index in [2.05, 4.69) is 44.7 Å². The van der Waals surface area contributed by atoms with Gasteiger partial charge >= 0.3 is 0 Å². The Morgan fingerprint density at radius 1 is 0.739 bits per heavy atom. The maximum atomic E-state index is 4.57. The lowest BCUT2D eigenvalue weighted by atomic mass is 10.1. The molecule has 0 amide bonds. The van der Waals surface area contributed by atoms with Crippen LogP contribution in [0.25, 0.3) is 42.5 Å². The van der Waals surface area contributed by atoms with Gasteiger partial charge in [0.15, 0.2) is 0 Å².